The second kappa shape index (κ2) is 12.3. The van der Waals surface area contributed by atoms with Crippen LogP contribution in [0, 0.1) is 0 Å². The molecule has 1 aliphatic heterocycles. The van der Waals surface area contributed by atoms with Crippen LogP contribution >= 0.6 is 0 Å². The van der Waals surface area contributed by atoms with Gasteiger partial charge >= 0.3 is 0 Å². The van der Waals surface area contributed by atoms with Gasteiger partial charge in [0, 0.05) is 16.5 Å². The third-order valence-electron chi connectivity index (χ3n) is 12.3. The van der Waals surface area contributed by atoms with Crippen molar-refractivity contribution >= 4 is 39.0 Å². The van der Waals surface area contributed by atoms with E-state index in [1.165, 1.54) is 67.0 Å². The van der Waals surface area contributed by atoms with E-state index in [1.54, 1.807) is 0 Å². The summed E-state index contributed by atoms with van der Waals surface area (Å²) in [5.41, 5.74) is 19.5. The quantitative estimate of drug-likeness (QED) is 0.180. The van der Waals surface area contributed by atoms with E-state index in [-0.39, 0.29) is 0 Å². The van der Waals surface area contributed by atoms with Gasteiger partial charge in [-0.25, -0.2) is 0 Å². The fraction of sp³-hybridized carbons (Fsp3) is 0.0182. The number of hydrogen-bond donors (Lipinski definition) is 0. The van der Waals surface area contributed by atoms with Gasteiger partial charge in [0.15, 0.2) is 0 Å². The zero-order chi connectivity index (χ0) is 37.5. The SMILES string of the molecule is c1ccc(-c2ccccc2-c2ccc3c(c2)C2(c4ccccc4-c4ccccc42)c2cc(-c4cccc5oc6ccccc6c45)ccc2N3c2ccccc2)cc1. The Kier molecular flexibility index (Phi) is 6.88. The second-order valence-electron chi connectivity index (χ2n) is 15.2. The third kappa shape index (κ3) is 4.53. The summed E-state index contributed by atoms with van der Waals surface area (Å²) in [5.74, 6) is 0. The Bertz CT molecular complexity index is 3150. The molecular formula is C55H35NO. The van der Waals surface area contributed by atoms with E-state index >= 15 is 0 Å². The molecule has 266 valence electrons. The molecule has 0 saturated heterocycles. The minimum absolute atomic E-state index is 0.608. The van der Waals surface area contributed by atoms with E-state index in [0.717, 1.165) is 38.8 Å². The lowest BCUT2D eigenvalue weighted by atomic mass is 9.64. The van der Waals surface area contributed by atoms with E-state index in [9.17, 15) is 0 Å². The number of hydrogen-bond acceptors (Lipinski definition) is 2. The van der Waals surface area contributed by atoms with Gasteiger partial charge in [0.1, 0.15) is 11.2 Å². The minimum atomic E-state index is -0.608. The van der Waals surface area contributed by atoms with Crippen LogP contribution in [0.2, 0.25) is 0 Å². The van der Waals surface area contributed by atoms with E-state index in [4.69, 9.17) is 4.42 Å². The molecular weight excluding hydrogens is 691 g/mol. The summed E-state index contributed by atoms with van der Waals surface area (Å²) in [4.78, 5) is 2.48. The molecule has 1 aromatic heterocycles. The van der Waals surface area contributed by atoms with Crippen molar-refractivity contribution in [3.63, 3.8) is 0 Å². The molecule has 10 aromatic rings. The van der Waals surface area contributed by atoms with Crippen LogP contribution in [-0.4, -0.2) is 0 Å². The largest absolute Gasteiger partial charge is 0.456 e. The zero-order valence-electron chi connectivity index (χ0n) is 31.1. The Morgan fingerprint density at radius 3 is 1.49 bits per heavy atom. The van der Waals surface area contributed by atoms with Crippen LogP contribution in [0.4, 0.5) is 17.1 Å². The Hall–Kier alpha value is -7.42. The van der Waals surface area contributed by atoms with E-state index in [1.807, 2.05) is 6.07 Å². The fourth-order valence-electron chi connectivity index (χ4n) is 9.96. The zero-order valence-corrected chi connectivity index (χ0v) is 31.1. The van der Waals surface area contributed by atoms with Crippen molar-refractivity contribution in [2.75, 3.05) is 4.90 Å². The monoisotopic (exact) mass is 725 g/mol. The first-order chi connectivity index (χ1) is 28.3. The summed E-state index contributed by atoms with van der Waals surface area (Å²) in [7, 11) is 0. The van der Waals surface area contributed by atoms with Crippen LogP contribution in [0.15, 0.2) is 217 Å². The van der Waals surface area contributed by atoms with E-state index < -0.39 is 5.41 Å². The molecule has 12 rings (SSSR count). The van der Waals surface area contributed by atoms with Gasteiger partial charge in [-0.2, -0.15) is 0 Å². The van der Waals surface area contributed by atoms with Crippen molar-refractivity contribution in [2.45, 2.75) is 5.41 Å². The van der Waals surface area contributed by atoms with Crippen LogP contribution in [0.25, 0.3) is 66.4 Å². The van der Waals surface area contributed by atoms with Crippen molar-refractivity contribution in [3.8, 4) is 44.5 Å². The summed E-state index contributed by atoms with van der Waals surface area (Å²) >= 11 is 0. The van der Waals surface area contributed by atoms with Gasteiger partial charge in [-0.3, -0.25) is 0 Å². The minimum Gasteiger partial charge on any atom is -0.456 e. The average molecular weight is 726 g/mol. The first-order valence-corrected chi connectivity index (χ1v) is 19.7. The molecule has 57 heavy (non-hydrogen) atoms. The molecule has 0 saturated carbocycles. The van der Waals surface area contributed by atoms with Crippen LogP contribution in [0.3, 0.4) is 0 Å². The highest BCUT2D eigenvalue weighted by molar-refractivity contribution is 6.12. The first kappa shape index (κ1) is 31.9. The highest BCUT2D eigenvalue weighted by atomic mass is 16.3. The lowest BCUT2D eigenvalue weighted by molar-refractivity contribution is 0.669. The first-order valence-electron chi connectivity index (χ1n) is 19.7. The summed E-state index contributed by atoms with van der Waals surface area (Å²) in [5, 5.41) is 2.27. The van der Waals surface area contributed by atoms with Crippen LogP contribution in [0.5, 0.6) is 0 Å². The third-order valence-corrected chi connectivity index (χ3v) is 12.3. The highest BCUT2D eigenvalue weighted by Crippen LogP contribution is 2.64. The van der Waals surface area contributed by atoms with Crippen LogP contribution in [0.1, 0.15) is 22.3 Å². The topological polar surface area (TPSA) is 16.4 Å². The number of rotatable bonds is 4. The number of furan rings is 1. The summed E-state index contributed by atoms with van der Waals surface area (Å²) in [6.45, 7) is 0. The van der Waals surface area contributed by atoms with Crippen molar-refractivity contribution in [2.24, 2.45) is 0 Å². The van der Waals surface area contributed by atoms with E-state index in [2.05, 4.69) is 211 Å². The summed E-state index contributed by atoms with van der Waals surface area (Å²) < 4.78 is 6.42. The molecule has 0 N–H and O–H groups in total. The normalized spacial score (nSPS) is 13.4. The number of benzene rings is 9. The van der Waals surface area contributed by atoms with Crippen molar-refractivity contribution in [1.82, 2.24) is 0 Å². The smallest absolute Gasteiger partial charge is 0.136 e. The lowest BCUT2D eigenvalue weighted by Gasteiger charge is -2.45. The number of fused-ring (bicyclic) bond motifs is 12. The number of para-hydroxylation sites is 2. The number of anilines is 3. The van der Waals surface area contributed by atoms with Crippen molar-refractivity contribution in [3.05, 3.63) is 235 Å². The standard InChI is InChI=1S/C55H35NO/c1-3-16-36(17-4-1)40-20-7-8-21-41(40)37-30-32-50-48(34-37)55(46-26-12-9-22-43(46)44-23-10-13-27-47(44)55)49-35-38(31-33-51(49)56(50)39-18-5-2-6-19-39)42-25-15-29-53-54(42)45-24-11-14-28-52(45)57-53/h1-35H. The molecule has 0 atom stereocenters. The summed E-state index contributed by atoms with van der Waals surface area (Å²) in [6.07, 6.45) is 0. The summed E-state index contributed by atoms with van der Waals surface area (Å²) in [6, 6.07) is 77.7. The Balaban J connectivity index is 1.21. The molecule has 0 fully saturated rings. The van der Waals surface area contributed by atoms with Gasteiger partial charge in [0.2, 0.25) is 0 Å². The Labute approximate surface area is 331 Å². The predicted octanol–water partition coefficient (Wildman–Crippen LogP) is 14.7. The maximum absolute atomic E-state index is 6.42. The van der Waals surface area contributed by atoms with E-state index in [0.29, 0.717) is 0 Å². The van der Waals surface area contributed by atoms with Crippen LogP contribution < -0.4 is 4.90 Å². The van der Waals surface area contributed by atoms with Crippen LogP contribution in [-0.2, 0) is 5.41 Å². The maximum atomic E-state index is 6.42. The molecule has 0 radical (unpaired) electrons. The molecule has 0 unspecified atom stereocenters. The fourth-order valence-corrected chi connectivity index (χ4v) is 9.96. The highest BCUT2D eigenvalue weighted by Gasteiger charge is 2.52. The van der Waals surface area contributed by atoms with Gasteiger partial charge in [0.05, 0.1) is 16.8 Å². The molecule has 2 heterocycles. The lowest BCUT2D eigenvalue weighted by Crippen LogP contribution is -2.36. The molecule has 1 aliphatic carbocycles. The predicted molar refractivity (Wildman–Crippen MR) is 236 cm³/mol. The van der Waals surface area contributed by atoms with Gasteiger partial charge in [-0.05, 0) is 115 Å². The molecule has 0 bridgehead atoms. The molecule has 2 aliphatic rings. The molecule has 2 nitrogen and oxygen atoms in total. The molecule has 2 heteroatoms. The van der Waals surface area contributed by atoms with Gasteiger partial charge in [-0.1, -0.05) is 164 Å². The molecule has 0 amide bonds. The van der Waals surface area contributed by atoms with Gasteiger partial charge in [0.25, 0.3) is 0 Å². The van der Waals surface area contributed by atoms with Gasteiger partial charge < -0.3 is 9.32 Å². The van der Waals surface area contributed by atoms with Gasteiger partial charge in [-0.15, -0.1) is 0 Å². The Morgan fingerprint density at radius 1 is 0.333 bits per heavy atom. The van der Waals surface area contributed by atoms with Crippen molar-refractivity contribution in [1.29, 1.82) is 0 Å². The maximum Gasteiger partial charge on any atom is 0.136 e. The van der Waals surface area contributed by atoms with Crippen molar-refractivity contribution < 1.29 is 4.42 Å². The average Bonchev–Trinajstić information content (AvgIpc) is 3.81. The second-order valence-corrected chi connectivity index (χ2v) is 15.2. The molecule has 9 aromatic carbocycles. The number of nitrogens with zero attached hydrogens (tertiary/aromatic N) is 1. The molecule has 1 spiro atoms. The Morgan fingerprint density at radius 2 is 0.825 bits per heavy atom.